The fourth-order valence-electron chi connectivity index (χ4n) is 0.802. The minimum absolute atomic E-state index is 0.242. The summed E-state index contributed by atoms with van der Waals surface area (Å²) in [6, 6.07) is 0. The summed E-state index contributed by atoms with van der Waals surface area (Å²) >= 11 is 0. The third-order valence-corrected chi connectivity index (χ3v) is 1.53. The van der Waals surface area contributed by atoms with Crippen LogP contribution in [0, 0.1) is 0 Å². The van der Waals surface area contributed by atoms with Crippen LogP contribution in [-0.2, 0) is 4.74 Å². The Morgan fingerprint density at radius 1 is 1.33 bits per heavy atom. The Labute approximate surface area is 75.1 Å². The van der Waals surface area contributed by atoms with Crippen LogP contribution in [0.15, 0.2) is 0 Å². The van der Waals surface area contributed by atoms with E-state index in [2.05, 4.69) is 12.2 Å². The number of hydrogen-bond donors (Lipinski definition) is 2. The molecule has 0 aliphatic carbocycles. The topological polar surface area (TPSA) is 41.5 Å². The van der Waals surface area contributed by atoms with Crippen molar-refractivity contribution in [3.05, 3.63) is 0 Å². The Kier molecular flexibility index (Phi) is 8.88. The van der Waals surface area contributed by atoms with E-state index in [4.69, 9.17) is 9.84 Å². The molecule has 0 saturated carbocycles. The van der Waals surface area contributed by atoms with Crippen molar-refractivity contribution in [2.45, 2.75) is 32.8 Å². The molecule has 0 saturated heterocycles. The van der Waals surface area contributed by atoms with Crippen LogP contribution in [0.3, 0.4) is 0 Å². The first-order valence-corrected chi connectivity index (χ1v) is 4.74. The van der Waals surface area contributed by atoms with E-state index < -0.39 is 0 Å². The first-order chi connectivity index (χ1) is 5.77. The molecule has 0 radical (unpaired) electrons. The highest BCUT2D eigenvalue weighted by Crippen LogP contribution is 1.89. The summed E-state index contributed by atoms with van der Waals surface area (Å²) in [6.07, 6.45) is 1.65. The van der Waals surface area contributed by atoms with Gasteiger partial charge in [0.1, 0.15) is 0 Å². The third kappa shape index (κ3) is 9.88. The fourth-order valence-corrected chi connectivity index (χ4v) is 0.802. The van der Waals surface area contributed by atoms with Crippen molar-refractivity contribution >= 4 is 0 Å². The first kappa shape index (κ1) is 11.9. The molecule has 0 spiro atoms. The van der Waals surface area contributed by atoms with Gasteiger partial charge in [-0.1, -0.05) is 6.92 Å². The van der Waals surface area contributed by atoms with Crippen molar-refractivity contribution in [2.75, 3.05) is 26.3 Å². The molecule has 3 heteroatoms. The van der Waals surface area contributed by atoms with Crippen molar-refractivity contribution in [2.24, 2.45) is 0 Å². The highest BCUT2D eigenvalue weighted by molar-refractivity contribution is 4.46. The number of rotatable bonds is 8. The maximum atomic E-state index is 8.90. The molecule has 74 valence electrons. The highest BCUT2D eigenvalue weighted by atomic mass is 16.5. The summed E-state index contributed by atoms with van der Waals surface area (Å²) in [6.45, 7) is 7.28. The summed E-state index contributed by atoms with van der Waals surface area (Å²) in [5.74, 6) is 0. The number of nitrogens with one attached hydrogen (secondary N) is 1. The molecule has 0 bridgehead atoms. The van der Waals surface area contributed by atoms with Gasteiger partial charge in [-0.25, -0.2) is 0 Å². The van der Waals surface area contributed by atoms with Gasteiger partial charge in [0.15, 0.2) is 0 Å². The molecule has 3 nitrogen and oxygen atoms in total. The lowest BCUT2D eigenvalue weighted by Crippen LogP contribution is -2.21. The second kappa shape index (κ2) is 8.97. The molecule has 0 aromatic carbocycles. The second-order valence-electron chi connectivity index (χ2n) is 3.00. The number of aliphatic hydroxyl groups is 1. The maximum absolute atomic E-state index is 8.90. The van der Waals surface area contributed by atoms with Gasteiger partial charge in [-0.2, -0.15) is 0 Å². The van der Waals surface area contributed by atoms with Gasteiger partial charge in [0, 0.05) is 13.2 Å². The van der Waals surface area contributed by atoms with Crippen LogP contribution in [0.1, 0.15) is 26.7 Å². The summed E-state index contributed by atoms with van der Waals surface area (Å²) in [7, 11) is 0. The zero-order chi connectivity index (χ0) is 9.23. The van der Waals surface area contributed by atoms with Gasteiger partial charge < -0.3 is 15.2 Å². The van der Waals surface area contributed by atoms with E-state index in [1.54, 1.807) is 6.92 Å². The Bertz CT molecular complexity index is 86.6. The normalized spacial score (nSPS) is 13.2. The van der Waals surface area contributed by atoms with Crippen LogP contribution in [-0.4, -0.2) is 37.5 Å². The molecule has 1 unspecified atom stereocenters. The molecule has 0 rings (SSSR count). The predicted molar refractivity (Wildman–Crippen MR) is 50.3 cm³/mol. The molecule has 1 atom stereocenters. The van der Waals surface area contributed by atoms with Crippen molar-refractivity contribution in [1.82, 2.24) is 5.32 Å². The van der Waals surface area contributed by atoms with Crippen molar-refractivity contribution in [3.63, 3.8) is 0 Å². The third-order valence-electron chi connectivity index (χ3n) is 1.53. The summed E-state index contributed by atoms with van der Waals surface area (Å²) in [5, 5.41) is 12.1. The van der Waals surface area contributed by atoms with Gasteiger partial charge in [0.2, 0.25) is 0 Å². The van der Waals surface area contributed by atoms with E-state index in [9.17, 15) is 0 Å². The molecule has 0 aromatic rings. The van der Waals surface area contributed by atoms with Crippen molar-refractivity contribution in [3.8, 4) is 0 Å². The lowest BCUT2D eigenvalue weighted by atomic mass is 10.3. The van der Waals surface area contributed by atoms with Gasteiger partial charge in [-0.15, -0.1) is 0 Å². The average molecular weight is 175 g/mol. The van der Waals surface area contributed by atoms with Crippen molar-refractivity contribution < 1.29 is 9.84 Å². The Morgan fingerprint density at radius 2 is 2.08 bits per heavy atom. The molecule has 0 fully saturated rings. The molecule has 0 heterocycles. The summed E-state index contributed by atoms with van der Waals surface area (Å²) in [5.41, 5.74) is 0. The lowest BCUT2D eigenvalue weighted by Gasteiger charge is -2.06. The van der Waals surface area contributed by atoms with E-state index in [-0.39, 0.29) is 6.10 Å². The predicted octanol–water partition coefficient (Wildman–Crippen LogP) is 0.774. The summed E-state index contributed by atoms with van der Waals surface area (Å²) < 4.78 is 5.27. The smallest absolute Gasteiger partial charge is 0.0590 e. The van der Waals surface area contributed by atoms with Crippen LogP contribution in [0.25, 0.3) is 0 Å². The second-order valence-corrected chi connectivity index (χ2v) is 3.00. The van der Waals surface area contributed by atoms with Crippen molar-refractivity contribution in [1.29, 1.82) is 0 Å². The van der Waals surface area contributed by atoms with Gasteiger partial charge in [-0.3, -0.25) is 0 Å². The first-order valence-electron chi connectivity index (χ1n) is 4.74. The molecule has 0 aliphatic rings. The molecule has 0 aliphatic heterocycles. The number of aliphatic hydroxyl groups excluding tert-OH is 1. The van der Waals surface area contributed by atoms with E-state index in [1.807, 2.05) is 0 Å². The van der Waals surface area contributed by atoms with Gasteiger partial charge >= 0.3 is 0 Å². The molecular weight excluding hydrogens is 154 g/mol. The van der Waals surface area contributed by atoms with E-state index in [1.165, 1.54) is 0 Å². The largest absolute Gasteiger partial charge is 0.393 e. The number of ether oxygens (including phenoxy) is 1. The minimum atomic E-state index is -0.242. The zero-order valence-corrected chi connectivity index (χ0v) is 8.18. The van der Waals surface area contributed by atoms with Gasteiger partial charge in [0.25, 0.3) is 0 Å². The Morgan fingerprint density at radius 3 is 2.67 bits per heavy atom. The van der Waals surface area contributed by atoms with E-state index >= 15 is 0 Å². The minimum Gasteiger partial charge on any atom is -0.393 e. The van der Waals surface area contributed by atoms with Crippen LogP contribution in [0.4, 0.5) is 0 Å². The average Bonchev–Trinajstić information content (AvgIpc) is 2.02. The molecule has 2 N–H and O–H groups in total. The van der Waals surface area contributed by atoms with Crippen LogP contribution >= 0.6 is 0 Å². The maximum Gasteiger partial charge on any atom is 0.0590 e. The van der Waals surface area contributed by atoms with Gasteiger partial charge in [-0.05, 0) is 26.3 Å². The Hall–Kier alpha value is -0.120. The quantitative estimate of drug-likeness (QED) is 0.535. The molecule has 0 amide bonds. The highest BCUT2D eigenvalue weighted by Gasteiger charge is 1.94. The molecular formula is C9H21NO2. The molecule has 12 heavy (non-hydrogen) atoms. The van der Waals surface area contributed by atoms with E-state index in [0.29, 0.717) is 6.61 Å². The lowest BCUT2D eigenvalue weighted by molar-refractivity contribution is 0.0907. The molecule has 0 aromatic heterocycles. The SMILES string of the molecule is CCCNCCOCCC(C)O. The van der Waals surface area contributed by atoms with Crippen LogP contribution in [0.2, 0.25) is 0 Å². The Balaban J connectivity index is 2.82. The standard InChI is InChI=1S/C9H21NO2/c1-3-5-10-6-8-12-7-4-9(2)11/h9-11H,3-8H2,1-2H3. The summed E-state index contributed by atoms with van der Waals surface area (Å²) in [4.78, 5) is 0. The van der Waals surface area contributed by atoms with E-state index in [0.717, 1.165) is 32.5 Å². The fraction of sp³-hybridized carbons (Fsp3) is 1.00. The zero-order valence-electron chi connectivity index (χ0n) is 8.18. The number of hydrogen-bond acceptors (Lipinski definition) is 3. The van der Waals surface area contributed by atoms with Crippen LogP contribution in [0.5, 0.6) is 0 Å². The van der Waals surface area contributed by atoms with Crippen LogP contribution < -0.4 is 5.32 Å². The monoisotopic (exact) mass is 175 g/mol. The van der Waals surface area contributed by atoms with Gasteiger partial charge in [0.05, 0.1) is 12.7 Å².